The molecule has 1 radical (unpaired) electrons. The number of hydrogen-bond acceptors (Lipinski definition) is 4. The van der Waals surface area contributed by atoms with Crippen LogP contribution in [0, 0.1) is 0 Å². The van der Waals surface area contributed by atoms with Crippen LogP contribution in [-0.4, -0.2) is 17.5 Å². The summed E-state index contributed by atoms with van der Waals surface area (Å²) in [7, 11) is -5.17. The first-order valence-corrected chi connectivity index (χ1v) is 2.00. The van der Waals surface area contributed by atoms with Crippen LogP contribution in [0.2, 0.25) is 0 Å². The summed E-state index contributed by atoms with van der Waals surface area (Å²) in [6, 6.07) is 0. The molecule has 0 rings (SSSR count). The molecule has 0 unspecified atom stereocenters. The van der Waals surface area contributed by atoms with Crippen LogP contribution >= 0.6 is 0 Å². The molecule has 0 aromatic heterocycles. The summed E-state index contributed by atoms with van der Waals surface area (Å²) in [5.74, 6) is 0. The first kappa shape index (κ1) is 15.7. The van der Waals surface area contributed by atoms with Gasteiger partial charge < -0.3 is 26.1 Å². The minimum atomic E-state index is -5.17. The second-order valence-electron chi connectivity index (χ2n) is 0.408. The van der Waals surface area contributed by atoms with Gasteiger partial charge in [-0.05, 0) is 0 Å². The molecule has 0 amide bonds. The number of rotatable bonds is 0. The minimum Gasteiger partial charge on any atom is -1.00 e. The predicted molar refractivity (Wildman–Crippen MR) is 10.5 cm³/mol. The van der Waals surface area contributed by atoms with Gasteiger partial charge in [-0.1, -0.05) is 0 Å². The van der Waals surface area contributed by atoms with E-state index >= 15 is 0 Å². The maximum atomic E-state index is 8.52. The fourth-order valence-electron chi connectivity index (χ4n) is 0. The second-order valence-corrected chi connectivity index (χ2v) is 1.22. The molecule has 0 aromatic carbocycles. The Bertz CT molecular complexity index is 94.9. The number of hydrogen-bond donors (Lipinski definition) is 0. The first-order chi connectivity index (χ1) is 2.00. The van der Waals surface area contributed by atoms with Crippen molar-refractivity contribution in [3.8, 4) is 0 Å². The molecule has 0 aliphatic carbocycles. The summed E-state index contributed by atoms with van der Waals surface area (Å²) in [6.07, 6.45) is 0. The zero-order chi connectivity index (χ0) is 4.50. The van der Waals surface area contributed by atoms with Crippen LogP contribution in [0.15, 0.2) is 0 Å². The standard InChI is InChI=1S/BrH.Fe.H2O4S/c;;1-5(2,3)4/h1H;;(H2,1,2,3,4)/q;+3;/p-3. The van der Waals surface area contributed by atoms with Crippen molar-refractivity contribution in [1.82, 2.24) is 0 Å². The molecule has 0 bridgehead atoms. The van der Waals surface area contributed by atoms with E-state index in [2.05, 4.69) is 0 Å². The Kier molecular flexibility index (Phi) is 11.2. The Labute approximate surface area is 62.1 Å². The van der Waals surface area contributed by atoms with Crippen molar-refractivity contribution in [2.75, 3.05) is 0 Å². The van der Waals surface area contributed by atoms with Crippen LogP contribution in [-0.2, 0) is 27.5 Å². The van der Waals surface area contributed by atoms with Gasteiger partial charge >= 0.3 is 17.1 Å². The van der Waals surface area contributed by atoms with Crippen molar-refractivity contribution < 1.29 is 51.6 Å². The Balaban J connectivity index is -0.0000000800. The molecule has 0 saturated carbocycles. The van der Waals surface area contributed by atoms with E-state index in [4.69, 9.17) is 17.5 Å². The minimum absolute atomic E-state index is 0. The Morgan fingerprint density at radius 3 is 1.14 bits per heavy atom. The van der Waals surface area contributed by atoms with Gasteiger partial charge in [-0.15, -0.1) is 0 Å². The Morgan fingerprint density at radius 2 is 1.14 bits per heavy atom. The van der Waals surface area contributed by atoms with Gasteiger partial charge in [0.2, 0.25) is 0 Å². The molecule has 4 nitrogen and oxygen atoms in total. The molecule has 0 saturated heterocycles. The van der Waals surface area contributed by atoms with Crippen molar-refractivity contribution in [2.45, 2.75) is 0 Å². The van der Waals surface area contributed by atoms with E-state index in [1.54, 1.807) is 0 Å². The van der Waals surface area contributed by atoms with Gasteiger partial charge in [0.15, 0.2) is 0 Å². The Morgan fingerprint density at radius 1 is 1.14 bits per heavy atom. The van der Waals surface area contributed by atoms with E-state index in [0.29, 0.717) is 0 Å². The zero-order valence-electron chi connectivity index (χ0n) is 2.77. The Hall–Kier alpha value is 0.869. The van der Waals surface area contributed by atoms with Crippen molar-refractivity contribution >= 4 is 10.4 Å². The largest absolute Gasteiger partial charge is 3.00 e. The van der Waals surface area contributed by atoms with Gasteiger partial charge in [-0.3, -0.25) is 8.42 Å². The molecule has 7 heavy (non-hydrogen) atoms. The van der Waals surface area contributed by atoms with Crippen LogP contribution < -0.4 is 17.0 Å². The third-order valence-electron chi connectivity index (χ3n) is 0. The SMILES string of the molecule is O=S(=O)([O-])[O-].[Br-].[Fe+3]. The average molecular weight is 232 g/mol. The molecule has 7 heteroatoms. The van der Waals surface area contributed by atoms with Crippen molar-refractivity contribution in [3.05, 3.63) is 0 Å². The van der Waals surface area contributed by atoms with E-state index < -0.39 is 10.4 Å². The van der Waals surface area contributed by atoms with E-state index in [9.17, 15) is 0 Å². The first-order valence-electron chi connectivity index (χ1n) is 0.667. The molecular weight excluding hydrogens is 232 g/mol. The molecule has 0 N–H and O–H groups in total. The molecule has 0 aromatic rings. The third-order valence-corrected chi connectivity index (χ3v) is 0. The van der Waals surface area contributed by atoms with Crippen molar-refractivity contribution in [3.63, 3.8) is 0 Å². The van der Waals surface area contributed by atoms with E-state index in [1.165, 1.54) is 0 Å². The van der Waals surface area contributed by atoms with Gasteiger partial charge in [0.1, 0.15) is 0 Å². The van der Waals surface area contributed by atoms with Gasteiger partial charge in [0.25, 0.3) is 0 Å². The quantitative estimate of drug-likeness (QED) is 0.240. The maximum absolute atomic E-state index is 8.52. The van der Waals surface area contributed by atoms with Crippen LogP contribution in [0.25, 0.3) is 0 Å². The molecular formula is BrFeO4S. The monoisotopic (exact) mass is 231 g/mol. The average Bonchev–Trinajstić information content (AvgIpc) is 0.722. The third kappa shape index (κ3) is 215. The zero-order valence-corrected chi connectivity index (χ0v) is 6.28. The van der Waals surface area contributed by atoms with E-state index in [-0.39, 0.29) is 34.1 Å². The van der Waals surface area contributed by atoms with Crippen molar-refractivity contribution in [2.24, 2.45) is 0 Å². The predicted octanol–water partition coefficient (Wildman–Crippen LogP) is -4.34. The summed E-state index contributed by atoms with van der Waals surface area (Å²) >= 11 is 0. The van der Waals surface area contributed by atoms with E-state index in [0.717, 1.165) is 0 Å². The molecule has 0 atom stereocenters. The molecule has 0 spiro atoms. The van der Waals surface area contributed by atoms with Gasteiger partial charge in [-0.2, -0.15) is 0 Å². The molecule has 0 aliphatic rings. The summed E-state index contributed by atoms with van der Waals surface area (Å²) in [5, 5.41) is 0. The second kappa shape index (κ2) is 5.02. The van der Waals surface area contributed by atoms with Crippen LogP contribution in [0.3, 0.4) is 0 Å². The normalized spacial score (nSPS) is 8.29. The molecule has 0 fully saturated rings. The van der Waals surface area contributed by atoms with Gasteiger partial charge in [-0.25, -0.2) is 0 Å². The molecule has 45 valence electrons. The fourth-order valence-corrected chi connectivity index (χ4v) is 0. The van der Waals surface area contributed by atoms with Gasteiger partial charge in [0.05, 0.1) is 0 Å². The molecule has 0 aliphatic heterocycles. The summed E-state index contributed by atoms with van der Waals surface area (Å²) in [6.45, 7) is 0. The van der Waals surface area contributed by atoms with Crippen molar-refractivity contribution in [1.29, 1.82) is 0 Å². The maximum Gasteiger partial charge on any atom is 3.00 e. The molecule has 0 heterocycles. The summed E-state index contributed by atoms with van der Waals surface area (Å²) in [4.78, 5) is 0. The summed E-state index contributed by atoms with van der Waals surface area (Å²) < 4.78 is 34.1. The van der Waals surface area contributed by atoms with E-state index in [1.807, 2.05) is 0 Å². The van der Waals surface area contributed by atoms with Crippen LogP contribution in [0.5, 0.6) is 0 Å². The van der Waals surface area contributed by atoms with Crippen LogP contribution in [0.1, 0.15) is 0 Å². The fraction of sp³-hybridized carbons (Fsp3) is 0. The number of halogens is 1. The van der Waals surface area contributed by atoms with Gasteiger partial charge in [0, 0.05) is 10.4 Å². The van der Waals surface area contributed by atoms with Crippen LogP contribution in [0.4, 0.5) is 0 Å². The smallest absolute Gasteiger partial charge is 1.00 e. The topological polar surface area (TPSA) is 80.3 Å². The summed E-state index contributed by atoms with van der Waals surface area (Å²) in [5.41, 5.74) is 0.